The Morgan fingerprint density at radius 1 is 1.14 bits per heavy atom. The lowest BCUT2D eigenvalue weighted by Gasteiger charge is -2.49. The van der Waals surface area contributed by atoms with Crippen molar-refractivity contribution in [3.8, 4) is 6.07 Å². The Kier molecular flexibility index (Phi) is 6.39. The highest BCUT2D eigenvalue weighted by Gasteiger charge is 2.51. The van der Waals surface area contributed by atoms with Gasteiger partial charge in [-0.15, -0.1) is 0 Å². The third kappa shape index (κ3) is 4.44. The number of anilines is 2. The summed E-state index contributed by atoms with van der Waals surface area (Å²) < 4.78 is 18.8. The molecule has 0 radical (unpaired) electrons. The Morgan fingerprint density at radius 2 is 2.05 bits per heavy atom. The molecule has 4 saturated heterocycles. The van der Waals surface area contributed by atoms with E-state index in [-0.39, 0.29) is 23.9 Å². The molecule has 8 rings (SSSR count). The summed E-state index contributed by atoms with van der Waals surface area (Å²) in [5.74, 6) is 1.02. The number of morpholine rings is 2. The van der Waals surface area contributed by atoms with Gasteiger partial charge in [0.15, 0.2) is 7.85 Å². The second-order valence-corrected chi connectivity index (χ2v) is 12.6. The number of hydrogen-bond donors (Lipinski definition) is 1. The maximum absolute atomic E-state index is 9.64. The van der Waals surface area contributed by atoms with Crippen LogP contribution in [-0.4, -0.2) is 106 Å². The fourth-order valence-corrected chi connectivity index (χ4v) is 7.62. The minimum absolute atomic E-state index is 0.0751. The third-order valence-corrected chi connectivity index (χ3v) is 9.58. The van der Waals surface area contributed by atoms with E-state index in [1.807, 2.05) is 20.0 Å². The first-order valence-electron chi connectivity index (χ1n) is 15.1. The second-order valence-electron chi connectivity index (χ2n) is 12.6. The normalized spacial score (nSPS) is 28.5. The van der Waals surface area contributed by atoms with Crippen molar-refractivity contribution in [1.82, 2.24) is 20.2 Å². The van der Waals surface area contributed by atoms with Gasteiger partial charge in [0.2, 0.25) is 0 Å². The monoisotopic (exact) mass is 565 g/mol. The lowest BCUT2D eigenvalue weighted by atomic mass is 9.86. The van der Waals surface area contributed by atoms with Crippen LogP contribution in [0.15, 0.2) is 36.5 Å². The number of nitrogens with one attached hydrogen (secondary N) is 1. The molecule has 0 amide bonds. The van der Waals surface area contributed by atoms with Gasteiger partial charge in [-0.3, -0.25) is 9.88 Å². The average Bonchev–Trinajstić information content (AvgIpc) is 3.58. The summed E-state index contributed by atoms with van der Waals surface area (Å²) in [5, 5.41) is 14.2. The van der Waals surface area contributed by atoms with Gasteiger partial charge in [-0.2, -0.15) is 5.26 Å². The lowest BCUT2D eigenvalue weighted by Crippen LogP contribution is -2.62. The highest BCUT2D eigenvalue weighted by molar-refractivity contribution is 6.31. The minimum Gasteiger partial charge on any atom is -0.373 e. The molecule has 7 heterocycles. The first-order valence-corrected chi connectivity index (χ1v) is 15.1. The number of benzene rings is 1. The van der Waals surface area contributed by atoms with Crippen LogP contribution in [0.2, 0.25) is 0 Å². The number of rotatable bonds is 4. The SMILES string of the molecule is Bc1ccc2c(N3C[C@H](CN4CC5(C4)OCc4cc(N6C[C@H]7NCCO[C@@H]7C6)ncc45)O[C@H](C)C3)ccc(C#N)c2n1. The van der Waals surface area contributed by atoms with E-state index in [0.29, 0.717) is 18.2 Å². The minimum atomic E-state index is -0.267. The maximum atomic E-state index is 9.64. The molecule has 10 nitrogen and oxygen atoms in total. The van der Waals surface area contributed by atoms with Crippen molar-refractivity contribution < 1.29 is 14.2 Å². The topological polar surface area (TPSA) is 99.0 Å². The molecule has 4 fully saturated rings. The molecular formula is C31H36BN7O3. The van der Waals surface area contributed by atoms with Gasteiger partial charge in [-0.05, 0) is 42.3 Å². The van der Waals surface area contributed by atoms with Crippen LogP contribution in [0.25, 0.3) is 10.9 Å². The van der Waals surface area contributed by atoms with Gasteiger partial charge in [0, 0.05) is 75.2 Å². The van der Waals surface area contributed by atoms with Crippen molar-refractivity contribution in [2.75, 3.05) is 68.8 Å². The Bertz CT molecular complexity index is 1560. The van der Waals surface area contributed by atoms with Crippen LogP contribution >= 0.6 is 0 Å². The van der Waals surface area contributed by atoms with E-state index in [0.717, 1.165) is 87.0 Å². The van der Waals surface area contributed by atoms with Crippen LogP contribution in [0, 0.1) is 11.3 Å². The Balaban J connectivity index is 0.940. The van der Waals surface area contributed by atoms with Crippen molar-refractivity contribution >= 4 is 35.8 Å². The molecule has 0 saturated carbocycles. The molecule has 1 N–H and O–H groups in total. The van der Waals surface area contributed by atoms with E-state index in [4.69, 9.17) is 24.2 Å². The number of hydrogen-bond acceptors (Lipinski definition) is 10. The molecule has 1 spiro atoms. The van der Waals surface area contributed by atoms with Crippen molar-refractivity contribution in [1.29, 1.82) is 5.26 Å². The number of pyridine rings is 2. The number of ether oxygens (including phenoxy) is 3. The number of likely N-dealkylation sites (tertiary alicyclic amines) is 1. The fraction of sp³-hybridized carbons (Fsp3) is 0.516. The molecule has 11 heteroatoms. The van der Waals surface area contributed by atoms with Crippen molar-refractivity contribution in [3.63, 3.8) is 0 Å². The van der Waals surface area contributed by atoms with Crippen LogP contribution in [-0.2, 0) is 26.4 Å². The van der Waals surface area contributed by atoms with E-state index in [1.54, 1.807) is 0 Å². The predicted octanol–water partition coefficient (Wildman–Crippen LogP) is 0.272. The maximum Gasteiger partial charge on any atom is 0.163 e. The molecule has 0 aliphatic carbocycles. The standard InChI is InChI=1S/C31H36BN7O3/c1-19-11-38(26-4-2-20(9-33)30-23(26)3-5-28(32)36-30)13-22(42-19)12-37-17-31(18-37)24-10-35-29(8-21(24)16-41-31)39-14-25-27(15-39)40-7-6-34-25/h2-5,8,10,19,22,25,27,34H,6-7,11-18,32H2,1H3/t19-,22+,25-,27-/m1/s1. The number of nitrogens with zero attached hydrogens (tertiary/aromatic N) is 6. The molecule has 5 aliphatic heterocycles. The molecule has 0 bridgehead atoms. The highest BCUT2D eigenvalue weighted by Crippen LogP contribution is 2.44. The van der Waals surface area contributed by atoms with Crippen molar-refractivity contribution in [2.45, 2.75) is 43.5 Å². The van der Waals surface area contributed by atoms with Gasteiger partial charge in [0.05, 0.1) is 48.6 Å². The van der Waals surface area contributed by atoms with Gasteiger partial charge in [-0.25, -0.2) is 4.98 Å². The summed E-state index contributed by atoms with van der Waals surface area (Å²) >= 11 is 0. The van der Waals surface area contributed by atoms with Gasteiger partial charge in [0.25, 0.3) is 0 Å². The molecule has 42 heavy (non-hydrogen) atoms. The molecule has 3 aromatic rings. The van der Waals surface area contributed by atoms with Crippen LogP contribution in [0.4, 0.5) is 11.5 Å². The summed E-state index contributed by atoms with van der Waals surface area (Å²) in [6, 6.07) is 13.0. The smallest absolute Gasteiger partial charge is 0.163 e. The molecule has 0 unspecified atom stereocenters. The molecule has 5 aliphatic rings. The van der Waals surface area contributed by atoms with Crippen molar-refractivity contribution in [3.05, 3.63) is 53.2 Å². The molecule has 216 valence electrons. The van der Waals surface area contributed by atoms with Gasteiger partial charge >= 0.3 is 0 Å². The number of aromatic nitrogens is 2. The highest BCUT2D eigenvalue weighted by atomic mass is 16.5. The van der Waals surface area contributed by atoms with Crippen LogP contribution in [0.3, 0.4) is 0 Å². The molecular weight excluding hydrogens is 529 g/mol. The zero-order valence-electron chi connectivity index (χ0n) is 24.3. The first-order chi connectivity index (χ1) is 20.5. The second kappa shape index (κ2) is 10.2. The zero-order chi connectivity index (χ0) is 28.4. The van der Waals surface area contributed by atoms with E-state index >= 15 is 0 Å². The Labute approximate surface area is 246 Å². The van der Waals surface area contributed by atoms with E-state index in [1.165, 1.54) is 11.1 Å². The summed E-state index contributed by atoms with van der Waals surface area (Å²) in [7, 11) is 1.97. The van der Waals surface area contributed by atoms with Crippen LogP contribution < -0.4 is 20.7 Å². The number of fused-ring (bicyclic) bond motifs is 4. The van der Waals surface area contributed by atoms with Crippen LogP contribution in [0.5, 0.6) is 0 Å². The van der Waals surface area contributed by atoms with Gasteiger partial charge < -0.3 is 29.3 Å². The predicted molar refractivity (Wildman–Crippen MR) is 162 cm³/mol. The molecule has 4 atom stereocenters. The quantitative estimate of drug-likeness (QED) is 0.444. The summed E-state index contributed by atoms with van der Waals surface area (Å²) in [4.78, 5) is 16.8. The number of nitriles is 1. The zero-order valence-corrected chi connectivity index (χ0v) is 24.3. The third-order valence-electron chi connectivity index (χ3n) is 9.58. The van der Waals surface area contributed by atoms with E-state index in [2.05, 4.69) is 57.4 Å². The van der Waals surface area contributed by atoms with Gasteiger partial charge in [0.1, 0.15) is 17.5 Å². The van der Waals surface area contributed by atoms with Crippen LogP contribution in [0.1, 0.15) is 23.6 Å². The van der Waals surface area contributed by atoms with Crippen molar-refractivity contribution in [2.24, 2.45) is 0 Å². The lowest BCUT2D eigenvalue weighted by molar-refractivity contribution is -0.155. The summed E-state index contributed by atoms with van der Waals surface area (Å²) in [5.41, 5.74) is 5.65. The average molecular weight is 565 g/mol. The Morgan fingerprint density at radius 3 is 2.90 bits per heavy atom. The summed E-state index contributed by atoms with van der Waals surface area (Å²) in [6.45, 7) is 10.4. The fourth-order valence-electron chi connectivity index (χ4n) is 7.62. The largest absolute Gasteiger partial charge is 0.373 e. The molecule has 1 aromatic carbocycles. The first kappa shape index (κ1) is 26.4. The van der Waals surface area contributed by atoms with E-state index < -0.39 is 0 Å². The molecule has 2 aromatic heterocycles. The Hall–Kier alpha value is -3.27. The summed E-state index contributed by atoms with van der Waals surface area (Å²) in [6.07, 6.45) is 2.47. The van der Waals surface area contributed by atoms with Gasteiger partial charge in [-0.1, -0.05) is 6.07 Å². The van der Waals surface area contributed by atoms with E-state index in [9.17, 15) is 5.26 Å².